The maximum Gasteiger partial charge on any atom is 0.207 e. The number of rotatable bonds is 5. The fourth-order valence-corrected chi connectivity index (χ4v) is 2.89. The van der Waals surface area contributed by atoms with E-state index in [1.165, 1.54) is 25.3 Å². The summed E-state index contributed by atoms with van der Waals surface area (Å²) in [4.78, 5) is 3.99. The molecular formula is C19H15F2N5O2. The fourth-order valence-electron chi connectivity index (χ4n) is 2.89. The topological polar surface area (TPSA) is 98.9 Å². The summed E-state index contributed by atoms with van der Waals surface area (Å²) in [6.07, 6.45) is 0. The monoisotopic (exact) mass is 383 g/mol. The number of pyridine rings is 1. The Bertz CT molecular complexity index is 1160. The van der Waals surface area contributed by atoms with Gasteiger partial charge in [-0.1, -0.05) is 18.2 Å². The number of nitrogens with one attached hydrogen (secondary N) is 1. The third kappa shape index (κ3) is 3.07. The minimum Gasteiger partial charge on any atom is -0.496 e. The number of halogens is 2. The predicted molar refractivity (Wildman–Crippen MR) is 98.8 cm³/mol. The van der Waals surface area contributed by atoms with Crippen molar-refractivity contribution in [3.63, 3.8) is 0 Å². The van der Waals surface area contributed by atoms with Gasteiger partial charge in [-0.15, -0.1) is 5.10 Å². The molecule has 0 fully saturated rings. The molecule has 28 heavy (non-hydrogen) atoms. The van der Waals surface area contributed by atoms with Crippen LogP contribution in [0.25, 0.3) is 22.3 Å². The lowest BCUT2D eigenvalue weighted by atomic mass is 10.0. The first kappa shape index (κ1) is 17.7. The quantitative estimate of drug-likeness (QED) is 0.548. The van der Waals surface area contributed by atoms with Crippen molar-refractivity contribution in [2.75, 3.05) is 12.8 Å². The van der Waals surface area contributed by atoms with Crippen LogP contribution in [0.2, 0.25) is 0 Å². The maximum absolute atomic E-state index is 15.1. The molecule has 0 aliphatic heterocycles. The zero-order valence-corrected chi connectivity index (χ0v) is 14.7. The molecule has 0 aliphatic rings. The second kappa shape index (κ2) is 7.10. The van der Waals surface area contributed by atoms with E-state index in [-0.39, 0.29) is 34.9 Å². The Balaban J connectivity index is 1.71. The number of fused-ring (bicyclic) bond motifs is 1. The molecule has 0 amide bonds. The van der Waals surface area contributed by atoms with Crippen molar-refractivity contribution in [1.82, 2.24) is 20.4 Å². The molecule has 2 heterocycles. The van der Waals surface area contributed by atoms with Crippen LogP contribution in [0.1, 0.15) is 5.56 Å². The molecule has 2 aromatic carbocycles. The SMILES string of the molecule is COc1ccccc1-c1ccc(F)c(COc2cc(N)nc3n[nH]nc23)c1F. The number of aromatic nitrogens is 4. The summed E-state index contributed by atoms with van der Waals surface area (Å²) in [6.45, 7) is -0.369. The maximum atomic E-state index is 15.1. The summed E-state index contributed by atoms with van der Waals surface area (Å²) in [5.74, 6) is -0.610. The number of aromatic amines is 1. The Kier molecular flexibility index (Phi) is 4.48. The average Bonchev–Trinajstić information content (AvgIpc) is 3.16. The van der Waals surface area contributed by atoms with Crippen LogP contribution in [0.15, 0.2) is 42.5 Å². The van der Waals surface area contributed by atoms with Crippen molar-refractivity contribution in [3.8, 4) is 22.6 Å². The van der Waals surface area contributed by atoms with Crippen LogP contribution in [0.3, 0.4) is 0 Å². The molecule has 0 unspecified atom stereocenters. The van der Waals surface area contributed by atoms with Gasteiger partial charge < -0.3 is 15.2 Å². The summed E-state index contributed by atoms with van der Waals surface area (Å²) >= 11 is 0. The third-order valence-electron chi connectivity index (χ3n) is 4.23. The van der Waals surface area contributed by atoms with Gasteiger partial charge in [0, 0.05) is 17.2 Å². The zero-order valence-electron chi connectivity index (χ0n) is 14.7. The number of nitrogen functional groups attached to an aromatic ring is 1. The number of benzene rings is 2. The number of nitrogens with two attached hydrogens (primary N) is 1. The minimum atomic E-state index is -0.733. The van der Waals surface area contributed by atoms with Gasteiger partial charge in [0.15, 0.2) is 11.3 Å². The van der Waals surface area contributed by atoms with Crippen LogP contribution >= 0.6 is 0 Å². The molecule has 3 N–H and O–H groups in total. The first-order chi connectivity index (χ1) is 13.6. The standard InChI is InChI=1S/C19H15F2N5O2/c1-27-14-5-3-2-4-10(14)11-6-7-13(20)12(17(11)21)9-28-15-8-16(22)23-19-18(15)24-26-25-19/h2-8H,9H2,1H3,(H3,22,23,24,25,26). The second-order valence-corrected chi connectivity index (χ2v) is 5.92. The van der Waals surface area contributed by atoms with E-state index < -0.39 is 11.6 Å². The van der Waals surface area contributed by atoms with Gasteiger partial charge in [0.05, 0.1) is 12.7 Å². The molecule has 4 aromatic rings. The number of methoxy groups -OCH3 is 1. The van der Waals surface area contributed by atoms with Gasteiger partial charge in [-0.2, -0.15) is 10.3 Å². The fraction of sp³-hybridized carbons (Fsp3) is 0.105. The summed E-state index contributed by atoms with van der Waals surface area (Å²) in [7, 11) is 1.49. The van der Waals surface area contributed by atoms with Crippen molar-refractivity contribution < 1.29 is 18.3 Å². The summed E-state index contributed by atoms with van der Waals surface area (Å²) in [5.41, 5.74) is 6.76. The average molecular weight is 383 g/mol. The first-order valence-electron chi connectivity index (χ1n) is 8.28. The number of hydrogen-bond acceptors (Lipinski definition) is 6. The highest BCUT2D eigenvalue weighted by molar-refractivity contribution is 5.79. The van der Waals surface area contributed by atoms with Crippen molar-refractivity contribution in [1.29, 1.82) is 0 Å². The van der Waals surface area contributed by atoms with Crippen LogP contribution < -0.4 is 15.2 Å². The Labute approximate surface area is 158 Å². The van der Waals surface area contributed by atoms with E-state index in [4.69, 9.17) is 15.2 Å². The lowest BCUT2D eigenvalue weighted by Crippen LogP contribution is -2.05. The lowest BCUT2D eigenvalue weighted by molar-refractivity contribution is 0.295. The number of ether oxygens (including phenoxy) is 2. The lowest BCUT2D eigenvalue weighted by Gasteiger charge is -2.13. The Hall–Kier alpha value is -3.75. The molecule has 9 heteroatoms. The summed E-state index contributed by atoms with van der Waals surface area (Å²) in [6, 6.07) is 10.9. The highest BCUT2D eigenvalue weighted by Crippen LogP contribution is 2.34. The van der Waals surface area contributed by atoms with Crippen LogP contribution in [-0.4, -0.2) is 27.5 Å². The Morgan fingerprint density at radius 1 is 1.04 bits per heavy atom. The zero-order chi connectivity index (χ0) is 19.7. The van der Waals surface area contributed by atoms with Crippen molar-refractivity contribution >= 4 is 17.0 Å². The Morgan fingerprint density at radius 2 is 1.86 bits per heavy atom. The van der Waals surface area contributed by atoms with Crippen molar-refractivity contribution in [2.24, 2.45) is 0 Å². The van der Waals surface area contributed by atoms with E-state index in [0.29, 0.717) is 16.8 Å². The molecule has 0 aliphatic carbocycles. The van der Waals surface area contributed by atoms with E-state index >= 15 is 4.39 Å². The Morgan fingerprint density at radius 3 is 2.68 bits per heavy atom. The summed E-state index contributed by atoms with van der Waals surface area (Å²) in [5, 5.41) is 10.2. The minimum absolute atomic E-state index is 0.153. The predicted octanol–water partition coefficient (Wildman–Crippen LogP) is 3.47. The van der Waals surface area contributed by atoms with Crippen molar-refractivity contribution in [2.45, 2.75) is 6.61 Å². The molecule has 0 spiro atoms. The van der Waals surface area contributed by atoms with Gasteiger partial charge in [0.1, 0.15) is 29.8 Å². The van der Waals surface area contributed by atoms with E-state index in [0.717, 1.165) is 0 Å². The molecule has 7 nitrogen and oxygen atoms in total. The molecule has 0 atom stereocenters. The van der Waals surface area contributed by atoms with Gasteiger partial charge in [0.25, 0.3) is 0 Å². The van der Waals surface area contributed by atoms with Crippen LogP contribution in [0, 0.1) is 11.6 Å². The molecule has 0 bridgehead atoms. The molecule has 0 radical (unpaired) electrons. The molecule has 0 saturated heterocycles. The smallest absolute Gasteiger partial charge is 0.207 e. The number of nitrogens with zero attached hydrogens (tertiary/aromatic N) is 3. The molecular weight excluding hydrogens is 368 g/mol. The van der Waals surface area contributed by atoms with Gasteiger partial charge in [0.2, 0.25) is 5.65 Å². The largest absolute Gasteiger partial charge is 0.496 e. The van der Waals surface area contributed by atoms with Crippen molar-refractivity contribution in [3.05, 3.63) is 59.7 Å². The van der Waals surface area contributed by atoms with E-state index in [1.807, 2.05) is 0 Å². The van der Waals surface area contributed by atoms with Crippen LogP contribution in [-0.2, 0) is 6.61 Å². The van der Waals surface area contributed by atoms with E-state index in [1.54, 1.807) is 24.3 Å². The van der Waals surface area contributed by atoms with E-state index in [9.17, 15) is 4.39 Å². The molecule has 2 aromatic heterocycles. The molecule has 142 valence electrons. The molecule has 4 rings (SSSR count). The highest BCUT2D eigenvalue weighted by Gasteiger charge is 2.19. The van der Waals surface area contributed by atoms with Gasteiger partial charge >= 0.3 is 0 Å². The highest BCUT2D eigenvalue weighted by atomic mass is 19.1. The summed E-state index contributed by atoms with van der Waals surface area (Å²) < 4.78 is 40.3. The number of para-hydroxylation sites is 1. The van der Waals surface area contributed by atoms with Crippen LogP contribution in [0.4, 0.5) is 14.6 Å². The van der Waals surface area contributed by atoms with Gasteiger partial charge in [-0.3, -0.25) is 0 Å². The third-order valence-corrected chi connectivity index (χ3v) is 4.23. The van der Waals surface area contributed by atoms with E-state index in [2.05, 4.69) is 20.4 Å². The normalized spacial score (nSPS) is 11.0. The van der Waals surface area contributed by atoms with Gasteiger partial charge in [-0.25, -0.2) is 13.8 Å². The van der Waals surface area contributed by atoms with Gasteiger partial charge in [-0.05, 0) is 18.2 Å². The number of H-pyrrole nitrogens is 1. The second-order valence-electron chi connectivity index (χ2n) is 5.92. The number of anilines is 1. The first-order valence-corrected chi connectivity index (χ1v) is 8.28. The molecule has 0 saturated carbocycles. The van der Waals surface area contributed by atoms with Crippen LogP contribution in [0.5, 0.6) is 11.5 Å². The number of hydrogen-bond donors (Lipinski definition) is 2.